The Morgan fingerprint density at radius 3 is 2.64 bits per heavy atom. The first-order chi connectivity index (χ1) is 6.77. The van der Waals surface area contributed by atoms with Crippen LogP contribution in [0.5, 0.6) is 0 Å². The number of piperidine rings is 1. The van der Waals surface area contributed by atoms with Gasteiger partial charge in [0, 0.05) is 4.47 Å². The highest BCUT2D eigenvalue weighted by Crippen LogP contribution is 2.28. The van der Waals surface area contributed by atoms with E-state index in [0.717, 1.165) is 36.0 Å². The Kier molecular flexibility index (Phi) is 3.19. The third kappa shape index (κ3) is 2.15. The Balaban J connectivity index is 2.22. The number of rotatable bonds is 1. The third-order valence-corrected chi connectivity index (χ3v) is 3.23. The Morgan fingerprint density at radius 2 is 2.00 bits per heavy atom. The van der Waals surface area contributed by atoms with Crippen LogP contribution in [-0.4, -0.2) is 13.1 Å². The Labute approximate surface area is 91.8 Å². The second kappa shape index (κ2) is 4.41. The van der Waals surface area contributed by atoms with E-state index in [1.54, 1.807) is 6.07 Å². The summed E-state index contributed by atoms with van der Waals surface area (Å²) >= 11 is 3.27. The molecule has 1 heterocycles. The maximum atomic E-state index is 13.6. The van der Waals surface area contributed by atoms with Gasteiger partial charge in [-0.1, -0.05) is 22.0 Å². The molecule has 0 radical (unpaired) electrons. The summed E-state index contributed by atoms with van der Waals surface area (Å²) in [4.78, 5) is 0. The summed E-state index contributed by atoms with van der Waals surface area (Å²) < 4.78 is 14.4. The molecular weight excluding hydrogens is 245 g/mol. The lowest BCUT2D eigenvalue weighted by Crippen LogP contribution is -2.27. The monoisotopic (exact) mass is 257 g/mol. The zero-order valence-corrected chi connectivity index (χ0v) is 9.48. The van der Waals surface area contributed by atoms with Gasteiger partial charge < -0.3 is 5.32 Å². The third-order valence-electron chi connectivity index (χ3n) is 2.74. The standard InChI is InChI=1S/C11H13BrFN/c12-9-1-2-10(11(13)7-9)8-3-5-14-6-4-8/h1-2,7-8,14H,3-6H2. The van der Waals surface area contributed by atoms with Gasteiger partial charge in [-0.2, -0.15) is 0 Å². The largest absolute Gasteiger partial charge is 0.317 e. The summed E-state index contributed by atoms with van der Waals surface area (Å²) in [5, 5.41) is 3.28. The van der Waals surface area contributed by atoms with Gasteiger partial charge in [0.2, 0.25) is 0 Å². The molecule has 1 saturated heterocycles. The summed E-state index contributed by atoms with van der Waals surface area (Å²) in [6.45, 7) is 2.00. The molecule has 2 rings (SSSR count). The molecular formula is C11H13BrFN. The molecule has 0 aliphatic carbocycles. The molecule has 3 heteroatoms. The average molecular weight is 258 g/mol. The van der Waals surface area contributed by atoms with Crippen molar-refractivity contribution in [2.24, 2.45) is 0 Å². The zero-order valence-electron chi connectivity index (χ0n) is 7.89. The minimum Gasteiger partial charge on any atom is -0.317 e. The van der Waals surface area contributed by atoms with E-state index in [-0.39, 0.29) is 5.82 Å². The van der Waals surface area contributed by atoms with Crippen molar-refractivity contribution in [3.8, 4) is 0 Å². The van der Waals surface area contributed by atoms with Crippen molar-refractivity contribution in [3.05, 3.63) is 34.1 Å². The van der Waals surface area contributed by atoms with Crippen molar-refractivity contribution in [3.63, 3.8) is 0 Å². The van der Waals surface area contributed by atoms with Gasteiger partial charge in [-0.3, -0.25) is 0 Å². The van der Waals surface area contributed by atoms with E-state index in [1.807, 2.05) is 12.1 Å². The summed E-state index contributed by atoms with van der Waals surface area (Å²) in [5.74, 6) is 0.315. The van der Waals surface area contributed by atoms with Gasteiger partial charge in [0.1, 0.15) is 5.82 Å². The molecule has 0 amide bonds. The molecule has 1 fully saturated rings. The van der Waals surface area contributed by atoms with Crippen molar-refractivity contribution < 1.29 is 4.39 Å². The zero-order chi connectivity index (χ0) is 9.97. The van der Waals surface area contributed by atoms with Crippen molar-refractivity contribution >= 4 is 15.9 Å². The maximum Gasteiger partial charge on any atom is 0.127 e. The SMILES string of the molecule is Fc1cc(Br)ccc1C1CCNCC1. The quantitative estimate of drug-likeness (QED) is 0.816. The fourth-order valence-corrected chi connectivity index (χ4v) is 2.30. The molecule has 1 aromatic rings. The average Bonchev–Trinajstić information content (AvgIpc) is 2.19. The normalized spacial score (nSPS) is 18.4. The first-order valence-electron chi connectivity index (χ1n) is 4.93. The molecule has 14 heavy (non-hydrogen) atoms. The molecule has 1 N–H and O–H groups in total. The smallest absolute Gasteiger partial charge is 0.127 e. The maximum absolute atomic E-state index is 13.6. The van der Waals surface area contributed by atoms with E-state index in [2.05, 4.69) is 21.2 Å². The lowest BCUT2D eigenvalue weighted by Gasteiger charge is -2.23. The van der Waals surface area contributed by atoms with E-state index >= 15 is 0 Å². The molecule has 76 valence electrons. The number of hydrogen-bond acceptors (Lipinski definition) is 1. The predicted molar refractivity (Wildman–Crippen MR) is 58.9 cm³/mol. The number of halogens is 2. The fraction of sp³-hybridized carbons (Fsp3) is 0.455. The summed E-state index contributed by atoms with van der Waals surface area (Å²) in [6.07, 6.45) is 2.08. The van der Waals surface area contributed by atoms with Crippen molar-refractivity contribution in [1.29, 1.82) is 0 Å². The molecule has 0 saturated carbocycles. The lowest BCUT2D eigenvalue weighted by atomic mass is 9.90. The van der Waals surface area contributed by atoms with Crippen molar-refractivity contribution in [1.82, 2.24) is 5.32 Å². The molecule has 1 nitrogen and oxygen atoms in total. The minimum absolute atomic E-state index is 0.0775. The number of benzene rings is 1. The van der Waals surface area contributed by atoms with Crippen LogP contribution in [0.4, 0.5) is 4.39 Å². The van der Waals surface area contributed by atoms with Gasteiger partial charge in [-0.05, 0) is 49.5 Å². The summed E-state index contributed by atoms with van der Waals surface area (Å²) in [5.41, 5.74) is 0.870. The van der Waals surface area contributed by atoms with Crippen LogP contribution in [0.15, 0.2) is 22.7 Å². The van der Waals surface area contributed by atoms with E-state index < -0.39 is 0 Å². The number of hydrogen-bond donors (Lipinski definition) is 1. The molecule has 1 aliphatic rings. The molecule has 0 bridgehead atoms. The van der Waals surface area contributed by atoms with Gasteiger partial charge in [-0.15, -0.1) is 0 Å². The molecule has 0 unspecified atom stereocenters. The van der Waals surface area contributed by atoms with Crippen LogP contribution < -0.4 is 5.32 Å². The molecule has 1 aliphatic heterocycles. The first kappa shape index (κ1) is 10.1. The summed E-state index contributed by atoms with van der Waals surface area (Å²) in [6, 6.07) is 5.37. The highest BCUT2D eigenvalue weighted by Gasteiger charge is 2.18. The highest BCUT2D eigenvalue weighted by molar-refractivity contribution is 9.10. The Hall–Kier alpha value is -0.410. The van der Waals surface area contributed by atoms with E-state index in [1.165, 1.54) is 0 Å². The summed E-state index contributed by atoms with van der Waals surface area (Å²) in [7, 11) is 0. The van der Waals surface area contributed by atoms with Crippen molar-refractivity contribution in [2.45, 2.75) is 18.8 Å². The fourth-order valence-electron chi connectivity index (χ4n) is 1.97. The highest BCUT2D eigenvalue weighted by atomic mass is 79.9. The van der Waals surface area contributed by atoms with Crippen LogP contribution in [0, 0.1) is 5.82 Å². The molecule has 0 aromatic heterocycles. The van der Waals surface area contributed by atoms with Crippen LogP contribution in [-0.2, 0) is 0 Å². The van der Waals surface area contributed by atoms with Crippen LogP contribution in [0.3, 0.4) is 0 Å². The lowest BCUT2D eigenvalue weighted by molar-refractivity contribution is 0.445. The molecule has 1 aromatic carbocycles. The van der Waals surface area contributed by atoms with Gasteiger partial charge in [-0.25, -0.2) is 4.39 Å². The second-order valence-electron chi connectivity index (χ2n) is 3.69. The van der Waals surface area contributed by atoms with Crippen LogP contribution in [0.25, 0.3) is 0 Å². The van der Waals surface area contributed by atoms with Gasteiger partial charge in [0.15, 0.2) is 0 Å². The topological polar surface area (TPSA) is 12.0 Å². The van der Waals surface area contributed by atoms with E-state index in [4.69, 9.17) is 0 Å². The second-order valence-corrected chi connectivity index (χ2v) is 4.61. The van der Waals surface area contributed by atoms with Gasteiger partial charge in [0.05, 0.1) is 0 Å². The van der Waals surface area contributed by atoms with Crippen LogP contribution in [0.1, 0.15) is 24.3 Å². The van der Waals surface area contributed by atoms with Crippen LogP contribution >= 0.6 is 15.9 Å². The minimum atomic E-state index is -0.0775. The molecule has 0 spiro atoms. The van der Waals surface area contributed by atoms with Crippen LogP contribution in [0.2, 0.25) is 0 Å². The predicted octanol–water partition coefficient (Wildman–Crippen LogP) is 3.06. The van der Waals surface area contributed by atoms with Gasteiger partial charge in [0.25, 0.3) is 0 Å². The Bertz CT molecular complexity index is 321. The number of nitrogens with one attached hydrogen (secondary N) is 1. The van der Waals surface area contributed by atoms with E-state index in [9.17, 15) is 4.39 Å². The Morgan fingerprint density at radius 1 is 1.29 bits per heavy atom. The van der Waals surface area contributed by atoms with Crippen molar-refractivity contribution in [2.75, 3.05) is 13.1 Å². The van der Waals surface area contributed by atoms with E-state index in [0.29, 0.717) is 5.92 Å². The van der Waals surface area contributed by atoms with Gasteiger partial charge >= 0.3 is 0 Å². The molecule has 0 atom stereocenters. The first-order valence-corrected chi connectivity index (χ1v) is 5.72.